The number of primary sulfonamides is 1. The third-order valence-electron chi connectivity index (χ3n) is 4.77. The highest BCUT2D eigenvalue weighted by Gasteiger charge is 2.40. The van der Waals surface area contributed by atoms with Crippen LogP contribution in [0.5, 0.6) is 0 Å². The van der Waals surface area contributed by atoms with Gasteiger partial charge in [0.1, 0.15) is 10.9 Å². The number of nitrogens with zero attached hydrogens (tertiary/aromatic N) is 1. The summed E-state index contributed by atoms with van der Waals surface area (Å²) in [5.41, 5.74) is 0.0998. The SMILES string of the molecule is CC(CS)C(=O)N1CC(SCCNC(=O)c2ccc(Cl)c(S(N)(=O)=O)c2)C[C@H]1C(=O)O. The number of likely N-dealkylation sites (tertiary alicyclic amines) is 1. The predicted molar refractivity (Wildman–Crippen MR) is 122 cm³/mol. The number of carbonyl (C=O) groups excluding carboxylic acids is 2. The van der Waals surface area contributed by atoms with Gasteiger partial charge in [0.05, 0.1) is 5.02 Å². The molecule has 0 radical (unpaired) electrons. The average Bonchev–Trinajstić information content (AvgIpc) is 3.13. The Morgan fingerprint density at radius 1 is 1.42 bits per heavy atom. The van der Waals surface area contributed by atoms with Crippen LogP contribution in [-0.4, -0.2) is 72.1 Å². The second kappa shape index (κ2) is 10.9. The summed E-state index contributed by atoms with van der Waals surface area (Å²) < 4.78 is 23.1. The number of thiol groups is 1. The standard InChI is InChI=1S/C18H24ClN3O6S3/c1-10(9-29)17(24)22-8-12(7-14(22)18(25)26)30-5-4-21-16(23)11-2-3-13(19)15(6-11)31(20,27)28/h2-3,6,10,12,14,29H,4-5,7-9H2,1H3,(H,21,23)(H,25,26)(H2,20,27,28)/t10?,12?,14-/m0/s1. The van der Waals surface area contributed by atoms with Crippen molar-refractivity contribution in [1.82, 2.24) is 10.2 Å². The number of carbonyl (C=O) groups is 3. The second-order valence-electron chi connectivity index (χ2n) is 7.10. The van der Waals surface area contributed by atoms with Gasteiger partial charge in [0.15, 0.2) is 0 Å². The van der Waals surface area contributed by atoms with Crippen LogP contribution in [-0.2, 0) is 19.6 Å². The van der Waals surface area contributed by atoms with E-state index in [4.69, 9.17) is 16.7 Å². The Kier molecular flexibility index (Phi) is 9.07. The van der Waals surface area contributed by atoms with E-state index in [1.807, 2.05) is 0 Å². The Balaban J connectivity index is 1.89. The topological polar surface area (TPSA) is 147 Å². The smallest absolute Gasteiger partial charge is 0.326 e. The molecule has 0 spiro atoms. The van der Waals surface area contributed by atoms with Crippen molar-refractivity contribution in [3.63, 3.8) is 0 Å². The van der Waals surface area contributed by atoms with Gasteiger partial charge in [0.2, 0.25) is 15.9 Å². The minimum atomic E-state index is -4.06. The molecule has 2 unspecified atom stereocenters. The molecule has 2 rings (SSSR count). The molecule has 13 heteroatoms. The van der Waals surface area contributed by atoms with Crippen LogP contribution in [0, 0.1) is 5.92 Å². The van der Waals surface area contributed by atoms with Gasteiger partial charge in [-0.2, -0.15) is 24.4 Å². The maximum atomic E-state index is 12.4. The van der Waals surface area contributed by atoms with Crippen molar-refractivity contribution in [3.05, 3.63) is 28.8 Å². The Morgan fingerprint density at radius 3 is 2.68 bits per heavy atom. The van der Waals surface area contributed by atoms with Gasteiger partial charge in [0.25, 0.3) is 5.91 Å². The summed E-state index contributed by atoms with van der Waals surface area (Å²) in [7, 11) is -4.06. The van der Waals surface area contributed by atoms with Crippen LogP contribution >= 0.6 is 36.0 Å². The molecule has 9 nitrogen and oxygen atoms in total. The van der Waals surface area contributed by atoms with Gasteiger partial charge in [-0.3, -0.25) is 9.59 Å². The summed E-state index contributed by atoms with van der Waals surface area (Å²) >= 11 is 11.4. The number of nitrogens with one attached hydrogen (secondary N) is 1. The summed E-state index contributed by atoms with van der Waals surface area (Å²) in [6.07, 6.45) is 0.327. The molecule has 172 valence electrons. The molecule has 1 saturated heterocycles. The van der Waals surface area contributed by atoms with Crippen LogP contribution in [0.1, 0.15) is 23.7 Å². The molecule has 0 aromatic heterocycles. The van der Waals surface area contributed by atoms with E-state index in [0.29, 0.717) is 24.5 Å². The van der Waals surface area contributed by atoms with Crippen LogP contribution in [0.25, 0.3) is 0 Å². The van der Waals surface area contributed by atoms with Crippen molar-refractivity contribution in [1.29, 1.82) is 0 Å². The first-order valence-electron chi connectivity index (χ1n) is 9.32. The number of carboxylic acid groups (broad SMARTS) is 1. The monoisotopic (exact) mass is 509 g/mol. The lowest BCUT2D eigenvalue weighted by molar-refractivity contribution is -0.149. The van der Waals surface area contributed by atoms with Crippen molar-refractivity contribution < 1.29 is 27.9 Å². The maximum absolute atomic E-state index is 12.4. The molecule has 1 aromatic rings. The Morgan fingerprint density at radius 2 is 2.10 bits per heavy atom. The molecule has 1 fully saturated rings. The summed E-state index contributed by atoms with van der Waals surface area (Å²) in [6, 6.07) is 2.92. The summed E-state index contributed by atoms with van der Waals surface area (Å²) in [5.74, 6) is -1.30. The van der Waals surface area contributed by atoms with E-state index >= 15 is 0 Å². The molecule has 4 N–H and O–H groups in total. The van der Waals surface area contributed by atoms with E-state index in [9.17, 15) is 27.9 Å². The fourth-order valence-electron chi connectivity index (χ4n) is 3.11. The molecule has 0 saturated carbocycles. The molecule has 1 aromatic carbocycles. The van der Waals surface area contributed by atoms with Crippen molar-refractivity contribution in [2.45, 2.75) is 29.5 Å². The van der Waals surface area contributed by atoms with Gasteiger partial charge in [-0.15, -0.1) is 0 Å². The number of benzene rings is 1. The first-order chi connectivity index (χ1) is 14.5. The lowest BCUT2D eigenvalue weighted by Crippen LogP contribution is -2.43. The van der Waals surface area contributed by atoms with Gasteiger partial charge >= 0.3 is 5.97 Å². The van der Waals surface area contributed by atoms with Gasteiger partial charge in [0, 0.05) is 41.3 Å². The zero-order chi connectivity index (χ0) is 23.3. The first kappa shape index (κ1) is 25.8. The minimum absolute atomic E-state index is 0.0708. The molecule has 1 heterocycles. The highest BCUT2D eigenvalue weighted by molar-refractivity contribution is 7.99. The van der Waals surface area contributed by atoms with Crippen molar-refractivity contribution in [3.8, 4) is 0 Å². The minimum Gasteiger partial charge on any atom is -0.480 e. The highest BCUT2D eigenvalue weighted by Crippen LogP contribution is 2.29. The number of amides is 2. The van der Waals surface area contributed by atoms with E-state index in [-0.39, 0.29) is 39.1 Å². The third-order valence-corrected chi connectivity index (χ3v) is 7.96. The Bertz CT molecular complexity index is 959. The van der Waals surface area contributed by atoms with E-state index in [1.54, 1.807) is 6.92 Å². The average molecular weight is 510 g/mol. The number of nitrogens with two attached hydrogens (primary N) is 1. The molecule has 0 bridgehead atoms. The lowest BCUT2D eigenvalue weighted by atomic mass is 10.1. The number of hydrogen-bond acceptors (Lipinski definition) is 7. The normalized spacial score (nSPS) is 19.8. The van der Waals surface area contributed by atoms with E-state index in [1.165, 1.54) is 28.8 Å². The van der Waals surface area contributed by atoms with Crippen LogP contribution in [0.4, 0.5) is 0 Å². The van der Waals surface area contributed by atoms with Gasteiger partial charge in [-0.1, -0.05) is 18.5 Å². The number of aliphatic carboxylic acids is 1. The zero-order valence-electron chi connectivity index (χ0n) is 16.7. The third kappa shape index (κ3) is 6.75. The van der Waals surface area contributed by atoms with E-state index in [0.717, 1.165) is 6.07 Å². The summed E-state index contributed by atoms with van der Waals surface area (Å²) in [6.45, 7) is 2.30. The zero-order valence-corrected chi connectivity index (χ0v) is 19.9. The summed E-state index contributed by atoms with van der Waals surface area (Å²) in [5, 5.41) is 17.0. The van der Waals surface area contributed by atoms with Crippen LogP contribution < -0.4 is 10.5 Å². The quantitative estimate of drug-likeness (QED) is 0.287. The number of hydrogen-bond donors (Lipinski definition) is 4. The summed E-state index contributed by atoms with van der Waals surface area (Å²) in [4.78, 5) is 37.3. The number of rotatable bonds is 9. The molecule has 1 aliphatic heterocycles. The first-order valence-corrected chi connectivity index (χ1v) is 12.9. The predicted octanol–water partition coefficient (Wildman–Crippen LogP) is 1.07. The largest absolute Gasteiger partial charge is 0.480 e. The molecular weight excluding hydrogens is 486 g/mol. The highest BCUT2D eigenvalue weighted by atomic mass is 35.5. The number of thioether (sulfide) groups is 1. The van der Waals surface area contributed by atoms with E-state index in [2.05, 4.69) is 17.9 Å². The molecular formula is C18H24ClN3O6S3. The molecule has 31 heavy (non-hydrogen) atoms. The number of sulfonamides is 1. The maximum Gasteiger partial charge on any atom is 0.326 e. The van der Waals surface area contributed by atoms with Crippen LogP contribution in [0.2, 0.25) is 5.02 Å². The van der Waals surface area contributed by atoms with Gasteiger partial charge in [-0.25, -0.2) is 18.4 Å². The van der Waals surface area contributed by atoms with Gasteiger partial charge < -0.3 is 15.3 Å². The van der Waals surface area contributed by atoms with E-state index < -0.39 is 27.9 Å². The molecule has 3 atom stereocenters. The fourth-order valence-corrected chi connectivity index (χ4v) is 5.48. The number of halogens is 1. The second-order valence-corrected chi connectivity index (χ2v) is 10.8. The lowest BCUT2D eigenvalue weighted by Gasteiger charge is -2.24. The number of carboxylic acids is 1. The molecule has 2 amide bonds. The van der Waals surface area contributed by atoms with Crippen LogP contribution in [0.15, 0.2) is 23.1 Å². The van der Waals surface area contributed by atoms with Crippen molar-refractivity contribution in [2.24, 2.45) is 11.1 Å². The Labute approximate surface area is 195 Å². The van der Waals surface area contributed by atoms with Crippen LogP contribution in [0.3, 0.4) is 0 Å². The molecule has 0 aliphatic carbocycles. The fraction of sp³-hybridized carbons (Fsp3) is 0.500. The Hall–Kier alpha value is -1.47. The van der Waals surface area contributed by atoms with Crippen molar-refractivity contribution in [2.75, 3.05) is 24.6 Å². The molecule has 1 aliphatic rings. The van der Waals surface area contributed by atoms with Gasteiger partial charge in [-0.05, 0) is 24.6 Å². The van der Waals surface area contributed by atoms with Crippen molar-refractivity contribution >= 4 is 63.8 Å².